The summed E-state index contributed by atoms with van der Waals surface area (Å²) < 4.78 is 0. The molecule has 0 spiro atoms. The van der Waals surface area contributed by atoms with Gasteiger partial charge in [-0.3, -0.25) is 10.1 Å². The predicted octanol–water partition coefficient (Wildman–Crippen LogP) is 1.75. The first-order valence-corrected chi connectivity index (χ1v) is 5.63. The molecule has 9 heteroatoms. The maximum atomic E-state index is 11.0. The van der Waals surface area contributed by atoms with Gasteiger partial charge in [0.15, 0.2) is 0 Å². The van der Waals surface area contributed by atoms with Gasteiger partial charge in [0.05, 0.1) is 17.2 Å². The number of nitrogens with zero attached hydrogens (tertiary/aromatic N) is 5. The van der Waals surface area contributed by atoms with E-state index in [9.17, 15) is 10.1 Å². The Balaban J connectivity index is 2.27. The molecule has 0 saturated heterocycles. The molecule has 2 aromatic heterocycles. The van der Waals surface area contributed by atoms with E-state index in [1.807, 2.05) is 0 Å². The monoisotopic (exact) mass is 280 g/mol. The zero-order chi connectivity index (χ0) is 13.8. The summed E-state index contributed by atoms with van der Waals surface area (Å²) in [5.41, 5.74) is 0.685. The molecule has 0 radical (unpaired) electrons. The molecular weight excluding hydrogens is 272 g/mol. The summed E-state index contributed by atoms with van der Waals surface area (Å²) >= 11 is 5.70. The van der Waals surface area contributed by atoms with Crippen molar-refractivity contribution in [1.29, 1.82) is 0 Å². The topological polar surface area (TPSA) is 107 Å². The van der Waals surface area contributed by atoms with Crippen LogP contribution < -0.4 is 5.32 Å². The van der Waals surface area contributed by atoms with Crippen LogP contribution in [0.25, 0.3) is 0 Å². The molecule has 2 heterocycles. The summed E-state index contributed by atoms with van der Waals surface area (Å²) in [6, 6.07) is 1.69. The molecule has 0 amide bonds. The summed E-state index contributed by atoms with van der Waals surface area (Å²) in [5.74, 6) is 0.0705. The lowest BCUT2D eigenvalue weighted by molar-refractivity contribution is -0.385. The van der Waals surface area contributed by atoms with Crippen molar-refractivity contribution in [3.8, 4) is 0 Å². The van der Waals surface area contributed by atoms with Gasteiger partial charge < -0.3 is 5.32 Å². The fraction of sp³-hybridized carbons (Fsp3) is 0.200. The van der Waals surface area contributed by atoms with E-state index in [0.717, 1.165) is 0 Å². The van der Waals surface area contributed by atoms with Crippen molar-refractivity contribution < 1.29 is 4.92 Å². The molecule has 0 fully saturated rings. The van der Waals surface area contributed by atoms with Crippen LogP contribution in [-0.4, -0.2) is 24.9 Å². The van der Waals surface area contributed by atoms with Crippen molar-refractivity contribution in [2.45, 2.75) is 13.5 Å². The molecule has 0 aliphatic rings. The van der Waals surface area contributed by atoms with Gasteiger partial charge in [-0.2, -0.15) is 4.98 Å². The van der Waals surface area contributed by atoms with Gasteiger partial charge in [-0.15, -0.1) is 0 Å². The van der Waals surface area contributed by atoms with Gasteiger partial charge in [0.1, 0.15) is 12.0 Å². The summed E-state index contributed by atoms with van der Waals surface area (Å²) in [7, 11) is 0. The minimum Gasteiger partial charge on any atom is -0.359 e. The SMILES string of the molecule is Cc1nc(Cl)nc(NCc2ccncn2)c1[N+](=O)[O-]. The molecule has 0 bridgehead atoms. The van der Waals surface area contributed by atoms with Crippen LogP contribution in [-0.2, 0) is 6.54 Å². The van der Waals surface area contributed by atoms with Crippen molar-refractivity contribution >= 4 is 23.1 Å². The number of nitrogens with one attached hydrogen (secondary N) is 1. The summed E-state index contributed by atoms with van der Waals surface area (Å²) in [6.07, 6.45) is 2.97. The minimum atomic E-state index is -0.548. The van der Waals surface area contributed by atoms with Crippen molar-refractivity contribution in [3.63, 3.8) is 0 Å². The van der Waals surface area contributed by atoms with E-state index >= 15 is 0 Å². The number of aryl methyl sites for hydroxylation is 1. The van der Waals surface area contributed by atoms with E-state index in [4.69, 9.17) is 11.6 Å². The average molecular weight is 281 g/mol. The van der Waals surface area contributed by atoms with Crippen LogP contribution in [0, 0.1) is 17.0 Å². The summed E-state index contributed by atoms with van der Waals surface area (Å²) in [5, 5.41) is 13.8. The first-order chi connectivity index (χ1) is 9.08. The molecule has 8 nitrogen and oxygen atoms in total. The Morgan fingerprint density at radius 1 is 1.47 bits per heavy atom. The largest absolute Gasteiger partial charge is 0.359 e. The highest BCUT2D eigenvalue weighted by Gasteiger charge is 2.21. The first-order valence-electron chi connectivity index (χ1n) is 5.25. The Kier molecular flexibility index (Phi) is 3.81. The van der Waals surface area contributed by atoms with Gasteiger partial charge >= 0.3 is 5.69 Å². The number of nitro groups is 1. The maximum absolute atomic E-state index is 11.0. The lowest BCUT2D eigenvalue weighted by Gasteiger charge is -2.07. The Morgan fingerprint density at radius 3 is 2.89 bits per heavy atom. The zero-order valence-electron chi connectivity index (χ0n) is 9.87. The number of rotatable bonds is 4. The standard InChI is InChI=1S/C10H9ClN6O2/c1-6-8(17(18)19)9(16-10(11)15-6)13-4-7-2-3-12-5-14-7/h2-3,5H,4H2,1H3,(H,13,15,16). The van der Waals surface area contributed by atoms with Crippen molar-refractivity contribution in [1.82, 2.24) is 19.9 Å². The second-order valence-electron chi connectivity index (χ2n) is 3.59. The van der Waals surface area contributed by atoms with Crippen LogP contribution in [0.3, 0.4) is 0 Å². The highest BCUT2D eigenvalue weighted by atomic mass is 35.5. The number of hydrogen-bond acceptors (Lipinski definition) is 7. The van der Waals surface area contributed by atoms with Crippen LogP contribution in [0.1, 0.15) is 11.4 Å². The number of hydrogen-bond donors (Lipinski definition) is 1. The van der Waals surface area contributed by atoms with E-state index in [-0.39, 0.29) is 29.0 Å². The molecule has 2 aromatic rings. The molecule has 19 heavy (non-hydrogen) atoms. The third kappa shape index (κ3) is 3.10. The molecule has 98 valence electrons. The van der Waals surface area contributed by atoms with Crippen LogP contribution >= 0.6 is 11.6 Å². The molecule has 0 aliphatic heterocycles. The highest BCUT2D eigenvalue weighted by molar-refractivity contribution is 6.28. The maximum Gasteiger partial charge on any atom is 0.332 e. The zero-order valence-corrected chi connectivity index (χ0v) is 10.6. The Hall–Kier alpha value is -2.35. The Bertz CT molecular complexity index is 606. The summed E-state index contributed by atoms with van der Waals surface area (Å²) in [6.45, 7) is 1.78. The first kappa shape index (κ1) is 13.1. The van der Waals surface area contributed by atoms with E-state index in [2.05, 4.69) is 25.3 Å². The normalized spacial score (nSPS) is 10.2. The molecule has 0 unspecified atom stereocenters. The molecule has 0 aromatic carbocycles. The van der Waals surface area contributed by atoms with Crippen LogP contribution in [0.5, 0.6) is 0 Å². The molecule has 0 saturated carbocycles. The molecule has 1 N–H and O–H groups in total. The number of aromatic nitrogens is 4. The number of anilines is 1. The second-order valence-corrected chi connectivity index (χ2v) is 3.92. The third-order valence-corrected chi connectivity index (χ3v) is 2.46. The summed E-state index contributed by atoms with van der Waals surface area (Å²) in [4.78, 5) is 25.8. The molecule has 0 atom stereocenters. The van der Waals surface area contributed by atoms with Gasteiger partial charge in [0.25, 0.3) is 0 Å². The molecule has 2 rings (SSSR count). The smallest absolute Gasteiger partial charge is 0.332 e. The van der Waals surface area contributed by atoms with E-state index < -0.39 is 4.92 Å². The van der Waals surface area contributed by atoms with Crippen LogP contribution in [0.4, 0.5) is 11.5 Å². The van der Waals surface area contributed by atoms with E-state index in [0.29, 0.717) is 5.69 Å². The van der Waals surface area contributed by atoms with Crippen molar-refractivity contribution in [3.05, 3.63) is 45.4 Å². The quantitative estimate of drug-likeness (QED) is 0.516. The average Bonchev–Trinajstić information content (AvgIpc) is 2.36. The van der Waals surface area contributed by atoms with Crippen molar-refractivity contribution in [2.75, 3.05) is 5.32 Å². The van der Waals surface area contributed by atoms with Crippen LogP contribution in [0.2, 0.25) is 5.28 Å². The predicted molar refractivity (Wildman–Crippen MR) is 67.8 cm³/mol. The van der Waals surface area contributed by atoms with Gasteiger partial charge in [0.2, 0.25) is 11.1 Å². The Labute approximate surface area is 113 Å². The highest BCUT2D eigenvalue weighted by Crippen LogP contribution is 2.26. The lowest BCUT2D eigenvalue weighted by Crippen LogP contribution is -2.08. The van der Waals surface area contributed by atoms with Crippen molar-refractivity contribution in [2.24, 2.45) is 0 Å². The van der Waals surface area contributed by atoms with E-state index in [1.54, 1.807) is 12.3 Å². The van der Waals surface area contributed by atoms with Gasteiger partial charge in [-0.05, 0) is 24.6 Å². The molecule has 0 aliphatic carbocycles. The second kappa shape index (κ2) is 5.53. The lowest BCUT2D eigenvalue weighted by atomic mass is 10.3. The van der Waals surface area contributed by atoms with E-state index in [1.165, 1.54) is 13.3 Å². The number of halogens is 1. The molecular formula is C10H9ClN6O2. The van der Waals surface area contributed by atoms with Gasteiger partial charge in [-0.25, -0.2) is 15.0 Å². The van der Waals surface area contributed by atoms with Gasteiger partial charge in [-0.1, -0.05) is 0 Å². The fourth-order valence-electron chi connectivity index (χ4n) is 1.47. The van der Waals surface area contributed by atoms with Gasteiger partial charge in [0, 0.05) is 6.20 Å². The fourth-order valence-corrected chi connectivity index (χ4v) is 1.68. The van der Waals surface area contributed by atoms with Crippen LogP contribution in [0.15, 0.2) is 18.6 Å². The minimum absolute atomic E-state index is 0.0479. The third-order valence-electron chi connectivity index (χ3n) is 2.29. The Morgan fingerprint density at radius 2 is 2.26 bits per heavy atom.